The number of nitrogens with one attached hydrogen (secondary N) is 1. The van der Waals surface area contributed by atoms with Gasteiger partial charge in [-0.3, -0.25) is 0 Å². The van der Waals surface area contributed by atoms with Crippen LogP contribution >= 0.6 is 0 Å². The Morgan fingerprint density at radius 1 is 0.727 bits per heavy atom. The Morgan fingerprint density at radius 3 is 1.21 bits per heavy atom. The average molecular weight is 491 g/mol. The monoisotopic (exact) mass is 491 g/mol. The Morgan fingerprint density at radius 2 is 1.00 bits per heavy atom. The maximum Gasteiger partial charge on any atom is 1.00 e. The Kier molecular flexibility index (Phi) is 24.2. The summed E-state index contributed by atoms with van der Waals surface area (Å²) in [5.41, 5.74) is -1.97. The van der Waals surface area contributed by atoms with E-state index < -0.39 is 36.4 Å². The number of hydrogen-bond acceptors (Lipinski definition) is 11. The third-order valence-electron chi connectivity index (χ3n) is 3.26. The first-order valence-corrected chi connectivity index (χ1v) is 8.18. The van der Waals surface area contributed by atoms with E-state index in [1.807, 2.05) is 19.2 Å². The summed E-state index contributed by atoms with van der Waals surface area (Å²) < 4.78 is 0. The Bertz CT molecular complexity index is 796. The third-order valence-corrected chi connectivity index (χ3v) is 3.26. The van der Waals surface area contributed by atoms with Crippen molar-refractivity contribution in [2.45, 2.75) is 18.4 Å². The molecule has 0 radical (unpaired) electrons. The van der Waals surface area contributed by atoms with Crippen LogP contribution < -0.4 is 109 Å². The minimum absolute atomic E-state index is 0. The van der Waals surface area contributed by atoms with Crippen LogP contribution in [0, 0.1) is 0 Å². The second-order valence-electron chi connectivity index (χ2n) is 5.73. The summed E-state index contributed by atoms with van der Waals surface area (Å²) in [6, 6.07) is 12.6. The van der Waals surface area contributed by atoms with E-state index in [1.165, 1.54) is 24.3 Å². The summed E-state index contributed by atoms with van der Waals surface area (Å²) in [4.78, 5) is 30.0. The van der Waals surface area contributed by atoms with Crippen molar-refractivity contribution >= 4 is 23.6 Å². The van der Waals surface area contributed by atoms with E-state index in [9.17, 15) is 29.7 Å². The molecule has 0 atom stereocenters. The van der Waals surface area contributed by atoms with Crippen LogP contribution in [0.3, 0.4) is 0 Å². The molecule has 0 aromatic heterocycles. The zero-order chi connectivity index (χ0) is 23.3. The van der Waals surface area contributed by atoms with E-state index in [0.29, 0.717) is 5.75 Å². The van der Waals surface area contributed by atoms with Crippen molar-refractivity contribution in [1.29, 1.82) is 0 Å². The maximum atomic E-state index is 10.1. The van der Waals surface area contributed by atoms with Gasteiger partial charge >= 0.3 is 88.7 Å². The molecule has 0 saturated carbocycles. The molecule has 11 nitrogen and oxygen atoms in total. The topological polar surface area (TPSA) is 213 Å². The zero-order valence-electron chi connectivity index (χ0n) is 18.8. The van der Waals surface area contributed by atoms with Crippen LogP contribution in [-0.2, 0) is 14.4 Å². The molecule has 0 unspecified atom stereocenters. The van der Waals surface area contributed by atoms with Gasteiger partial charge in [0.15, 0.2) is 0 Å². The second kappa shape index (κ2) is 20.4. The van der Waals surface area contributed by atoms with Crippen molar-refractivity contribution in [1.82, 2.24) is 0 Å². The molecule has 164 valence electrons. The van der Waals surface area contributed by atoms with Gasteiger partial charge in [0.25, 0.3) is 0 Å². The third kappa shape index (κ3) is 19.1. The maximum absolute atomic E-state index is 10.1. The minimum atomic E-state index is -2.97. The average Bonchev–Trinajstić information content (AvgIpc) is 2.64. The van der Waals surface area contributed by atoms with Crippen LogP contribution in [0.4, 0.5) is 5.69 Å². The van der Waals surface area contributed by atoms with Gasteiger partial charge in [-0.1, -0.05) is 0 Å². The molecular formula is C19H20NNa3O10. The number of aromatic hydroxyl groups is 3. The van der Waals surface area contributed by atoms with E-state index in [1.54, 1.807) is 12.1 Å². The van der Waals surface area contributed by atoms with Gasteiger partial charge in [0.05, 0.1) is 5.97 Å². The van der Waals surface area contributed by atoms with E-state index in [2.05, 4.69) is 5.32 Å². The minimum Gasteiger partial charge on any atom is -0.550 e. The number of phenols is 3. The number of carbonyl (C=O) groups is 3. The predicted octanol–water partition coefficient (Wildman–Crippen LogP) is -11.7. The fraction of sp³-hybridized carbons (Fsp3) is 0.211. The molecule has 0 aliphatic heterocycles. The number of carbonyl (C=O) groups excluding carboxylic acids is 3. The van der Waals surface area contributed by atoms with Gasteiger partial charge in [0.1, 0.15) is 22.8 Å². The first kappa shape index (κ1) is 39.2. The molecule has 0 spiro atoms. The van der Waals surface area contributed by atoms with Crippen molar-refractivity contribution in [3.63, 3.8) is 0 Å². The fourth-order valence-electron chi connectivity index (χ4n) is 1.77. The SMILES string of the molecule is CNc1ccc(O)cc1.O=C([O-])CC(O)(CC(=O)[O-])C(=O)[O-].Oc1ccc(O)cc1.[Na+].[Na+].[Na+]. The van der Waals surface area contributed by atoms with Gasteiger partial charge in [0, 0.05) is 37.5 Å². The van der Waals surface area contributed by atoms with E-state index in [0.717, 1.165) is 5.69 Å². The largest absolute Gasteiger partial charge is 1.00 e. The first-order chi connectivity index (χ1) is 13.9. The van der Waals surface area contributed by atoms with Crippen molar-refractivity contribution in [2.75, 3.05) is 12.4 Å². The number of hydrogen-bond donors (Lipinski definition) is 5. The van der Waals surface area contributed by atoms with E-state index >= 15 is 0 Å². The van der Waals surface area contributed by atoms with Crippen molar-refractivity contribution in [3.05, 3.63) is 48.5 Å². The summed E-state index contributed by atoms with van der Waals surface area (Å²) in [6.07, 6.45) is -2.72. The molecule has 0 fully saturated rings. The Labute approximate surface area is 256 Å². The molecule has 2 rings (SSSR count). The number of aliphatic hydroxyl groups is 1. The van der Waals surface area contributed by atoms with Gasteiger partial charge in [-0.25, -0.2) is 0 Å². The van der Waals surface area contributed by atoms with Crippen LogP contribution in [0.1, 0.15) is 12.8 Å². The van der Waals surface area contributed by atoms with Crippen molar-refractivity contribution in [3.8, 4) is 17.2 Å². The van der Waals surface area contributed by atoms with Crippen LogP contribution in [0.2, 0.25) is 0 Å². The molecule has 2 aromatic carbocycles. The summed E-state index contributed by atoms with van der Waals surface area (Å²) in [5, 5.41) is 68.0. The van der Waals surface area contributed by atoms with Gasteiger partial charge in [0.2, 0.25) is 0 Å². The smallest absolute Gasteiger partial charge is 0.550 e. The number of anilines is 1. The first-order valence-electron chi connectivity index (χ1n) is 8.18. The van der Waals surface area contributed by atoms with Crippen LogP contribution in [0.5, 0.6) is 17.2 Å². The van der Waals surface area contributed by atoms with Gasteiger partial charge < -0.3 is 55.4 Å². The molecule has 33 heavy (non-hydrogen) atoms. The summed E-state index contributed by atoms with van der Waals surface area (Å²) in [6.45, 7) is 0. The number of carboxylic acid groups (broad SMARTS) is 3. The quantitative estimate of drug-likeness (QED) is 0.189. The van der Waals surface area contributed by atoms with Gasteiger partial charge in [-0.2, -0.15) is 0 Å². The van der Waals surface area contributed by atoms with Crippen LogP contribution in [0.25, 0.3) is 0 Å². The summed E-state index contributed by atoms with van der Waals surface area (Å²) in [7, 11) is 1.84. The molecule has 14 heteroatoms. The van der Waals surface area contributed by atoms with Crippen molar-refractivity contribution < 1.29 is 139 Å². The van der Waals surface area contributed by atoms with E-state index in [4.69, 9.17) is 20.4 Å². The Hall–Kier alpha value is -0.990. The molecule has 0 bridgehead atoms. The number of benzene rings is 2. The van der Waals surface area contributed by atoms with Crippen LogP contribution in [0.15, 0.2) is 48.5 Å². The zero-order valence-corrected chi connectivity index (χ0v) is 24.8. The van der Waals surface area contributed by atoms with Crippen LogP contribution in [-0.4, -0.2) is 51.0 Å². The van der Waals surface area contributed by atoms with Gasteiger partial charge in [-0.05, 0) is 48.5 Å². The molecule has 0 aliphatic carbocycles. The van der Waals surface area contributed by atoms with E-state index in [-0.39, 0.29) is 100 Å². The predicted molar refractivity (Wildman–Crippen MR) is 96.6 cm³/mol. The molecule has 0 aliphatic rings. The van der Waals surface area contributed by atoms with Crippen molar-refractivity contribution in [2.24, 2.45) is 0 Å². The molecule has 0 heterocycles. The number of rotatable bonds is 6. The number of aliphatic carboxylic acids is 3. The number of phenolic OH excluding ortho intramolecular Hbond substituents is 3. The number of carboxylic acids is 3. The normalized spacial score (nSPS) is 8.91. The molecular weight excluding hydrogens is 471 g/mol. The fourth-order valence-corrected chi connectivity index (χ4v) is 1.77. The summed E-state index contributed by atoms with van der Waals surface area (Å²) >= 11 is 0. The standard InChI is InChI=1S/C7H9NO.C6H8O7.C6H6O2.3Na/c1-8-6-2-4-7(9)5-3-6;7-3(8)1-6(13,5(11)12)2-4(9)10;7-5-1-2-6(8)4-3-5;;;/h2-5,8-9H,1H3;13H,1-2H2,(H,7,8)(H,9,10)(H,11,12);1-4,7-8H;;;/q;;;3*+1/p-3. The molecule has 0 amide bonds. The second-order valence-corrected chi connectivity index (χ2v) is 5.73. The Balaban J connectivity index is -0.000000188. The summed E-state index contributed by atoms with van der Waals surface area (Å²) in [5.74, 6) is -5.35. The molecule has 5 N–H and O–H groups in total. The molecule has 0 saturated heterocycles. The molecule has 2 aromatic rings. The van der Waals surface area contributed by atoms with Gasteiger partial charge in [-0.15, -0.1) is 0 Å².